The van der Waals surface area contributed by atoms with Gasteiger partial charge < -0.3 is 10.3 Å². The molecule has 0 bridgehead atoms. The molecule has 0 radical (unpaired) electrons. The van der Waals surface area contributed by atoms with Crippen molar-refractivity contribution in [2.75, 3.05) is 6.54 Å². The highest BCUT2D eigenvalue weighted by Gasteiger charge is 2.13. The van der Waals surface area contributed by atoms with Crippen molar-refractivity contribution in [3.8, 4) is 0 Å². The van der Waals surface area contributed by atoms with E-state index in [-0.39, 0.29) is 12.4 Å². The second-order valence-electron chi connectivity index (χ2n) is 5.35. The van der Waals surface area contributed by atoms with Gasteiger partial charge in [0.05, 0.1) is 16.6 Å². The van der Waals surface area contributed by atoms with Gasteiger partial charge in [0.1, 0.15) is 5.52 Å². The van der Waals surface area contributed by atoms with Crippen molar-refractivity contribution in [2.24, 2.45) is 5.73 Å². The molecule has 4 aromatic rings. The molecule has 2 aromatic carbocycles. The average Bonchev–Trinajstić information content (AvgIpc) is 2.79. The molecule has 0 saturated heterocycles. The molecule has 0 saturated carbocycles. The van der Waals surface area contributed by atoms with Crippen LogP contribution in [0.15, 0.2) is 42.5 Å². The van der Waals surface area contributed by atoms with Crippen LogP contribution >= 0.6 is 12.4 Å². The largest absolute Gasteiger partial charge is 0.329 e. The van der Waals surface area contributed by atoms with Gasteiger partial charge in [-0.1, -0.05) is 23.8 Å². The molecule has 0 spiro atoms. The van der Waals surface area contributed by atoms with Crippen LogP contribution in [0.3, 0.4) is 0 Å². The predicted molar refractivity (Wildman–Crippen MR) is 93.6 cm³/mol. The van der Waals surface area contributed by atoms with Crippen LogP contribution < -0.4 is 5.73 Å². The van der Waals surface area contributed by atoms with Gasteiger partial charge in [0.25, 0.3) is 0 Å². The number of para-hydroxylation sites is 2. The minimum absolute atomic E-state index is 0. The lowest BCUT2D eigenvalue weighted by atomic mass is 10.1. The van der Waals surface area contributed by atoms with Crippen LogP contribution in [0.4, 0.5) is 0 Å². The summed E-state index contributed by atoms with van der Waals surface area (Å²) >= 11 is 0. The number of hydrogen-bond acceptors (Lipinski definition) is 3. The second-order valence-corrected chi connectivity index (χ2v) is 5.35. The lowest BCUT2D eigenvalue weighted by molar-refractivity contribution is 0.751. The van der Waals surface area contributed by atoms with Crippen molar-refractivity contribution in [3.63, 3.8) is 0 Å². The summed E-state index contributed by atoms with van der Waals surface area (Å²) in [6, 6.07) is 14.4. The zero-order valence-corrected chi connectivity index (χ0v) is 13.1. The van der Waals surface area contributed by atoms with Crippen LogP contribution in [0.1, 0.15) is 5.56 Å². The standard InChI is InChI=1S/C17H16N4.ClH/c1-11-6-7-15-12(10-11)16-17(21(15)9-8-18)20-14-5-3-2-4-13(14)19-16;/h2-7,10H,8-9,18H2,1H3;1H. The Hall–Kier alpha value is -2.17. The normalized spacial score (nSPS) is 11.2. The van der Waals surface area contributed by atoms with Crippen molar-refractivity contribution in [1.82, 2.24) is 14.5 Å². The molecule has 2 heterocycles. The Balaban J connectivity index is 0.00000144. The smallest absolute Gasteiger partial charge is 0.160 e. The molecule has 2 aromatic heterocycles. The van der Waals surface area contributed by atoms with E-state index in [2.05, 4.69) is 29.7 Å². The highest BCUT2D eigenvalue weighted by atomic mass is 35.5. The van der Waals surface area contributed by atoms with Gasteiger partial charge in [-0.25, -0.2) is 9.97 Å². The quantitative estimate of drug-likeness (QED) is 0.617. The number of halogens is 1. The van der Waals surface area contributed by atoms with E-state index in [1.165, 1.54) is 5.56 Å². The Morgan fingerprint density at radius 3 is 2.50 bits per heavy atom. The fraction of sp³-hybridized carbons (Fsp3) is 0.176. The Morgan fingerprint density at radius 1 is 1.05 bits per heavy atom. The fourth-order valence-electron chi connectivity index (χ4n) is 2.90. The molecule has 22 heavy (non-hydrogen) atoms. The fourth-order valence-corrected chi connectivity index (χ4v) is 2.90. The van der Waals surface area contributed by atoms with Crippen LogP contribution in [0.5, 0.6) is 0 Å². The number of rotatable bonds is 2. The maximum absolute atomic E-state index is 5.78. The highest BCUT2D eigenvalue weighted by Crippen LogP contribution is 2.28. The van der Waals surface area contributed by atoms with E-state index in [4.69, 9.17) is 15.7 Å². The lowest BCUT2D eigenvalue weighted by Gasteiger charge is -2.04. The zero-order valence-electron chi connectivity index (χ0n) is 12.3. The Morgan fingerprint density at radius 2 is 1.77 bits per heavy atom. The minimum Gasteiger partial charge on any atom is -0.329 e. The lowest BCUT2D eigenvalue weighted by Crippen LogP contribution is -2.10. The Kier molecular flexibility index (Phi) is 3.72. The first-order valence-electron chi connectivity index (χ1n) is 7.13. The third kappa shape index (κ3) is 2.12. The molecule has 112 valence electrons. The number of nitrogens with zero attached hydrogens (tertiary/aromatic N) is 3. The summed E-state index contributed by atoms with van der Waals surface area (Å²) in [4.78, 5) is 9.63. The van der Waals surface area contributed by atoms with Crippen molar-refractivity contribution >= 4 is 45.5 Å². The zero-order chi connectivity index (χ0) is 14.4. The molecule has 4 nitrogen and oxygen atoms in total. The summed E-state index contributed by atoms with van der Waals surface area (Å²) in [6.07, 6.45) is 0. The summed E-state index contributed by atoms with van der Waals surface area (Å²) in [6.45, 7) is 3.43. The van der Waals surface area contributed by atoms with E-state index in [0.717, 1.165) is 39.6 Å². The van der Waals surface area contributed by atoms with Gasteiger partial charge in [-0.2, -0.15) is 0 Å². The van der Waals surface area contributed by atoms with Crippen molar-refractivity contribution in [3.05, 3.63) is 48.0 Å². The summed E-state index contributed by atoms with van der Waals surface area (Å²) in [5.74, 6) is 0. The minimum atomic E-state index is 0. The van der Waals surface area contributed by atoms with Crippen molar-refractivity contribution in [2.45, 2.75) is 13.5 Å². The van der Waals surface area contributed by atoms with Gasteiger partial charge in [-0.15, -0.1) is 12.4 Å². The second kappa shape index (κ2) is 5.55. The van der Waals surface area contributed by atoms with E-state index in [1.54, 1.807) is 0 Å². The SMILES string of the molecule is Cc1ccc2c(c1)c1nc3ccccc3nc1n2CCN.Cl. The number of hydrogen-bond donors (Lipinski definition) is 1. The van der Waals surface area contributed by atoms with Crippen LogP contribution in [0, 0.1) is 6.92 Å². The first-order valence-corrected chi connectivity index (χ1v) is 7.13. The maximum Gasteiger partial charge on any atom is 0.160 e. The molecular formula is C17H17ClN4. The average molecular weight is 313 g/mol. The van der Waals surface area contributed by atoms with Crippen LogP contribution in [-0.4, -0.2) is 21.1 Å². The summed E-state index contributed by atoms with van der Waals surface area (Å²) in [5.41, 5.74) is 11.9. The third-order valence-corrected chi connectivity index (χ3v) is 3.86. The van der Waals surface area contributed by atoms with Crippen LogP contribution in [0.2, 0.25) is 0 Å². The van der Waals surface area contributed by atoms with E-state index in [1.807, 2.05) is 24.3 Å². The summed E-state index contributed by atoms with van der Waals surface area (Å²) in [5, 5.41) is 1.15. The molecule has 0 aliphatic heterocycles. The summed E-state index contributed by atoms with van der Waals surface area (Å²) in [7, 11) is 0. The molecule has 4 rings (SSSR count). The molecular weight excluding hydrogens is 296 g/mol. The van der Waals surface area contributed by atoms with Gasteiger partial charge in [-0.05, 0) is 31.2 Å². The van der Waals surface area contributed by atoms with E-state index in [9.17, 15) is 0 Å². The van der Waals surface area contributed by atoms with Crippen molar-refractivity contribution < 1.29 is 0 Å². The van der Waals surface area contributed by atoms with Crippen LogP contribution in [-0.2, 0) is 6.54 Å². The molecule has 5 heteroatoms. The van der Waals surface area contributed by atoms with Crippen LogP contribution in [0.25, 0.3) is 33.1 Å². The van der Waals surface area contributed by atoms with E-state index in [0.29, 0.717) is 6.54 Å². The van der Waals surface area contributed by atoms with Gasteiger partial charge in [0, 0.05) is 18.5 Å². The number of aryl methyl sites for hydroxylation is 1. The third-order valence-electron chi connectivity index (χ3n) is 3.86. The van der Waals surface area contributed by atoms with Gasteiger partial charge >= 0.3 is 0 Å². The monoisotopic (exact) mass is 312 g/mol. The number of benzene rings is 2. The van der Waals surface area contributed by atoms with Gasteiger partial charge in [-0.3, -0.25) is 0 Å². The Labute approximate surface area is 134 Å². The highest BCUT2D eigenvalue weighted by molar-refractivity contribution is 6.06. The molecule has 0 aliphatic carbocycles. The first-order chi connectivity index (χ1) is 10.3. The topological polar surface area (TPSA) is 56.7 Å². The van der Waals surface area contributed by atoms with E-state index < -0.39 is 0 Å². The summed E-state index contributed by atoms with van der Waals surface area (Å²) < 4.78 is 2.17. The molecule has 0 fully saturated rings. The van der Waals surface area contributed by atoms with Gasteiger partial charge in [0.15, 0.2) is 5.65 Å². The predicted octanol–water partition coefficient (Wildman–Crippen LogP) is 3.43. The first kappa shape index (κ1) is 14.8. The molecule has 0 unspecified atom stereocenters. The van der Waals surface area contributed by atoms with E-state index >= 15 is 0 Å². The van der Waals surface area contributed by atoms with Crippen molar-refractivity contribution in [1.29, 1.82) is 0 Å². The molecule has 0 atom stereocenters. The number of aromatic nitrogens is 3. The number of nitrogens with two attached hydrogens (primary N) is 1. The molecule has 2 N–H and O–H groups in total. The number of fused-ring (bicyclic) bond motifs is 4. The molecule has 0 aliphatic rings. The Bertz CT molecular complexity index is 975. The van der Waals surface area contributed by atoms with Gasteiger partial charge in [0.2, 0.25) is 0 Å². The maximum atomic E-state index is 5.78. The molecule has 0 amide bonds.